The average molecular weight is 269 g/mol. The van der Waals surface area contributed by atoms with Crippen LogP contribution in [0.15, 0.2) is 28.8 Å². The predicted octanol–water partition coefficient (Wildman–Crippen LogP) is 2.96. The molecule has 1 amide bonds. The van der Waals surface area contributed by atoms with E-state index in [-0.39, 0.29) is 11.8 Å². The number of para-hydroxylation sites is 1. The maximum atomic E-state index is 11.9. The van der Waals surface area contributed by atoms with Gasteiger partial charge < -0.3 is 9.84 Å². The standard InChI is InChI=1S/C15H15N3O2/c19-14(10-7-8-10)16-12-4-2-1-3-11(12)15-17-13(18-20-15)9-5-6-9/h1-4,9-10H,5-8H2,(H,16,19). The summed E-state index contributed by atoms with van der Waals surface area (Å²) in [4.78, 5) is 16.3. The number of rotatable bonds is 4. The highest BCUT2D eigenvalue weighted by atomic mass is 16.5. The van der Waals surface area contributed by atoms with Crippen LogP contribution in [0.25, 0.3) is 11.5 Å². The Kier molecular flexibility index (Phi) is 2.58. The molecule has 0 aliphatic heterocycles. The molecule has 0 spiro atoms. The zero-order valence-electron chi connectivity index (χ0n) is 11.0. The molecule has 0 bridgehead atoms. The van der Waals surface area contributed by atoms with Gasteiger partial charge in [0.2, 0.25) is 5.91 Å². The maximum absolute atomic E-state index is 11.9. The van der Waals surface area contributed by atoms with Crippen molar-refractivity contribution in [2.45, 2.75) is 31.6 Å². The summed E-state index contributed by atoms with van der Waals surface area (Å²) in [5, 5.41) is 6.98. The van der Waals surface area contributed by atoms with Gasteiger partial charge in [-0.05, 0) is 37.8 Å². The Morgan fingerprint density at radius 2 is 2.00 bits per heavy atom. The Bertz CT molecular complexity index is 657. The van der Waals surface area contributed by atoms with Crippen molar-refractivity contribution in [2.75, 3.05) is 5.32 Å². The summed E-state index contributed by atoms with van der Waals surface area (Å²) in [6, 6.07) is 7.57. The van der Waals surface area contributed by atoms with Gasteiger partial charge in [-0.25, -0.2) is 0 Å². The van der Waals surface area contributed by atoms with Crippen LogP contribution in [0.1, 0.15) is 37.4 Å². The van der Waals surface area contributed by atoms with E-state index in [1.165, 1.54) is 0 Å². The number of nitrogens with one attached hydrogen (secondary N) is 1. The van der Waals surface area contributed by atoms with Crippen LogP contribution in [0.3, 0.4) is 0 Å². The fourth-order valence-electron chi connectivity index (χ4n) is 2.21. The van der Waals surface area contributed by atoms with E-state index >= 15 is 0 Å². The van der Waals surface area contributed by atoms with Crippen LogP contribution >= 0.6 is 0 Å². The third-order valence-electron chi connectivity index (χ3n) is 3.75. The lowest BCUT2D eigenvalue weighted by Crippen LogP contribution is -2.13. The van der Waals surface area contributed by atoms with Gasteiger partial charge in [0.25, 0.3) is 5.89 Å². The average Bonchev–Trinajstić information content (AvgIpc) is 3.37. The Morgan fingerprint density at radius 3 is 2.75 bits per heavy atom. The van der Waals surface area contributed by atoms with Crippen LogP contribution < -0.4 is 5.32 Å². The number of amides is 1. The molecule has 0 radical (unpaired) electrons. The SMILES string of the molecule is O=C(Nc1ccccc1-c1nc(C2CC2)no1)C1CC1. The second-order valence-corrected chi connectivity index (χ2v) is 5.54. The van der Waals surface area contributed by atoms with E-state index in [4.69, 9.17) is 4.52 Å². The number of hydrogen-bond acceptors (Lipinski definition) is 4. The minimum Gasteiger partial charge on any atom is -0.334 e. The molecular weight excluding hydrogens is 254 g/mol. The minimum atomic E-state index is 0.0828. The summed E-state index contributed by atoms with van der Waals surface area (Å²) in [5.74, 6) is 1.98. The number of carbonyl (C=O) groups excluding carboxylic acids is 1. The Morgan fingerprint density at radius 1 is 1.20 bits per heavy atom. The lowest BCUT2D eigenvalue weighted by molar-refractivity contribution is -0.117. The Balaban J connectivity index is 1.63. The van der Waals surface area contributed by atoms with Crippen molar-refractivity contribution in [1.82, 2.24) is 10.1 Å². The molecule has 1 aromatic carbocycles. The molecule has 2 aromatic rings. The molecule has 102 valence electrons. The minimum absolute atomic E-state index is 0.0828. The second-order valence-electron chi connectivity index (χ2n) is 5.54. The second kappa shape index (κ2) is 4.44. The van der Waals surface area contributed by atoms with Crippen molar-refractivity contribution in [3.63, 3.8) is 0 Å². The number of anilines is 1. The van der Waals surface area contributed by atoms with Gasteiger partial charge in [-0.3, -0.25) is 4.79 Å². The molecule has 0 unspecified atom stereocenters. The highest BCUT2D eigenvalue weighted by molar-refractivity contribution is 5.97. The van der Waals surface area contributed by atoms with Gasteiger partial charge in [0.05, 0.1) is 11.3 Å². The number of nitrogens with zero attached hydrogens (tertiary/aromatic N) is 2. The summed E-state index contributed by atoms with van der Waals surface area (Å²) in [6.07, 6.45) is 4.25. The van der Waals surface area contributed by atoms with E-state index in [0.717, 1.165) is 42.8 Å². The van der Waals surface area contributed by atoms with Gasteiger partial charge in [-0.15, -0.1) is 0 Å². The van der Waals surface area contributed by atoms with Gasteiger partial charge in [-0.2, -0.15) is 4.98 Å². The quantitative estimate of drug-likeness (QED) is 0.926. The molecule has 0 saturated heterocycles. The first-order valence-corrected chi connectivity index (χ1v) is 7.05. The largest absolute Gasteiger partial charge is 0.334 e. The summed E-state index contributed by atoms with van der Waals surface area (Å²) in [7, 11) is 0. The topological polar surface area (TPSA) is 68.0 Å². The van der Waals surface area contributed by atoms with Crippen LogP contribution in [-0.2, 0) is 4.79 Å². The van der Waals surface area contributed by atoms with E-state index in [0.29, 0.717) is 11.8 Å². The van der Waals surface area contributed by atoms with Crippen molar-refractivity contribution in [1.29, 1.82) is 0 Å². The van der Waals surface area contributed by atoms with Gasteiger partial charge in [-0.1, -0.05) is 17.3 Å². The van der Waals surface area contributed by atoms with Crippen molar-refractivity contribution in [3.8, 4) is 11.5 Å². The van der Waals surface area contributed by atoms with Crippen molar-refractivity contribution in [3.05, 3.63) is 30.1 Å². The summed E-state index contributed by atoms with van der Waals surface area (Å²) in [6.45, 7) is 0. The van der Waals surface area contributed by atoms with Crippen LogP contribution in [-0.4, -0.2) is 16.0 Å². The van der Waals surface area contributed by atoms with Gasteiger partial charge >= 0.3 is 0 Å². The van der Waals surface area contributed by atoms with Crippen molar-refractivity contribution in [2.24, 2.45) is 5.92 Å². The lowest BCUT2D eigenvalue weighted by Gasteiger charge is -2.07. The zero-order valence-corrected chi connectivity index (χ0v) is 11.0. The molecule has 2 saturated carbocycles. The Hall–Kier alpha value is -2.17. The first-order valence-electron chi connectivity index (χ1n) is 7.05. The van der Waals surface area contributed by atoms with E-state index in [9.17, 15) is 4.79 Å². The van der Waals surface area contributed by atoms with Crippen LogP contribution in [0.2, 0.25) is 0 Å². The zero-order chi connectivity index (χ0) is 13.5. The van der Waals surface area contributed by atoms with E-state index in [1.807, 2.05) is 24.3 Å². The third-order valence-corrected chi connectivity index (χ3v) is 3.75. The summed E-state index contributed by atoms with van der Waals surface area (Å²) in [5.41, 5.74) is 1.54. The molecule has 20 heavy (non-hydrogen) atoms. The first kappa shape index (κ1) is 11.6. The normalized spacial score (nSPS) is 18.0. The molecule has 5 heteroatoms. The lowest BCUT2D eigenvalue weighted by atomic mass is 10.1. The molecule has 1 heterocycles. The summed E-state index contributed by atoms with van der Waals surface area (Å²) < 4.78 is 5.34. The first-order chi connectivity index (χ1) is 9.81. The monoisotopic (exact) mass is 269 g/mol. The highest BCUT2D eigenvalue weighted by Crippen LogP contribution is 2.39. The van der Waals surface area contributed by atoms with Crippen LogP contribution in [0.5, 0.6) is 0 Å². The predicted molar refractivity (Wildman–Crippen MR) is 73.1 cm³/mol. The highest BCUT2D eigenvalue weighted by Gasteiger charge is 2.31. The molecular formula is C15H15N3O2. The van der Waals surface area contributed by atoms with Gasteiger partial charge in [0.1, 0.15) is 0 Å². The number of aromatic nitrogens is 2. The molecule has 5 nitrogen and oxygen atoms in total. The van der Waals surface area contributed by atoms with E-state index in [2.05, 4.69) is 15.5 Å². The fraction of sp³-hybridized carbons (Fsp3) is 0.400. The molecule has 1 aromatic heterocycles. The molecule has 0 atom stereocenters. The van der Waals surface area contributed by atoms with E-state index in [1.54, 1.807) is 0 Å². The van der Waals surface area contributed by atoms with Crippen LogP contribution in [0, 0.1) is 5.92 Å². The summed E-state index contributed by atoms with van der Waals surface area (Å²) >= 11 is 0. The molecule has 2 aliphatic carbocycles. The van der Waals surface area contributed by atoms with Crippen LogP contribution in [0.4, 0.5) is 5.69 Å². The van der Waals surface area contributed by atoms with Gasteiger partial charge in [0.15, 0.2) is 5.82 Å². The number of benzene rings is 1. The molecule has 1 N–H and O–H groups in total. The molecule has 4 rings (SSSR count). The molecule has 2 aliphatic rings. The number of carbonyl (C=O) groups is 1. The van der Waals surface area contributed by atoms with Crippen molar-refractivity contribution >= 4 is 11.6 Å². The van der Waals surface area contributed by atoms with E-state index < -0.39 is 0 Å². The smallest absolute Gasteiger partial charge is 0.260 e. The number of hydrogen-bond donors (Lipinski definition) is 1. The fourth-order valence-corrected chi connectivity index (χ4v) is 2.21. The van der Waals surface area contributed by atoms with Gasteiger partial charge in [0, 0.05) is 11.8 Å². The third kappa shape index (κ3) is 2.19. The van der Waals surface area contributed by atoms with Crippen molar-refractivity contribution < 1.29 is 9.32 Å². The molecule has 2 fully saturated rings. The Labute approximate surface area is 116 Å². The maximum Gasteiger partial charge on any atom is 0.260 e.